The number of hydrogen-bond acceptors (Lipinski definition) is 1. The van der Waals surface area contributed by atoms with E-state index in [9.17, 15) is 22.0 Å². The van der Waals surface area contributed by atoms with Gasteiger partial charge in [0.05, 0.1) is 0 Å². The highest BCUT2D eigenvalue weighted by Gasteiger charge is 2.34. The maximum absolute atomic E-state index is 15.2. The summed E-state index contributed by atoms with van der Waals surface area (Å²) in [5.41, 5.74) is 3.68. The van der Waals surface area contributed by atoms with Gasteiger partial charge in [-0.1, -0.05) is 61.9 Å². The third-order valence-electron chi connectivity index (χ3n) is 5.82. The molecule has 7 heteroatoms. The molecule has 0 heterocycles. The lowest BCUT2D eigenvalue weighted by atomic mass is 9.96. The molecule has 0 aromatic heterocycles. The quantitative estimate of drug-likeness (QED) is 0.237. The minimum absolute atomic E-state index is 0.0325. The van der Waals surface area contributed by atoms with Crippen LogP contribution in [-0.2, 0) is 19.3 Å². The van der Waals surface area contributed by atoms with E-state index in [4.69, 9.17) is 0 Å². The molecule has 1 nitrogen and oxygen atoms in total. The molecule has 0 aliphatic heterocycles. The van der Waals surface area contributed by atoms with E-state index in [0.717, 1.165) is 36.1 Å². The van der Waals surface area contributed by atoms with Crippen LogP contribution in [0.2, 0.25) is 0 Å². The molecule has 0 unspecified atom stereocenters. The molecule has 0 spiro atoms. The molecule has 35 heavy (non-hydrogen) atoms. The van der Waals surface area contributed by atoms with Crippen LogP contribution in [0.25, 0.3) is 21.9 Å². The summed E-state index contributed by atoms with van der Waals surface area (Å²) in [5.74, 6) is -4.88. The summed E-state index contributed by atoms with van der Waals surface area (Å²) < 4.78 is 83.4. The Bertz CT molecular complexity index is 1320. The molecule has 0 fully saturated rings. The van der Waals surface area contributed by atoms with E-state index in [1.54, 1.807) is 18.2 Å². The Morgan fingerprint density at radius 3 is 1.97 bits per heavy atom. The van der Waals surface area contributed by atoms with Crippen LogP contribution in [0.3, 0.4) is 0 Å². The van der Waals surface area contributed by atoms with E-state index in [0.29, 0.717) is 16.3 Å². The second-order valence-corrected chi connectivity index (χ2v) is 8.36. The highest BCUT2D eigenvalue weighted by Crippen LogP contribution is 2.31. The van der Waals surface area contributed by atoms with Crippen LogP contribution >= 0.6 is 0 Å². The van der Waals surface area contributed by atoms with Gasteiger partial charge in [0, 0.05) is 5.39 Å². The molecule has 0 N–H and O–H groups in total. The maximum Gasteiger partial charge on any atom is 0.573 e. The number of rotatable bonds is 7. The van der Waals surface area contributed by atoms with Gasteiger partial charge in [-0.15, -0.1) is 13.2 Å². The van der Waals surface area contributed by atoms with Crippen LogP contribution in [0.5, 0.6) is 5.75 Å². The van der Waals surface area contributed by atoms with Crippen molar-refractivity contribution in [1.29, 1.82) is 0 Å². The van der Waals surface area contributed by atoms with Crippen LogP contribution in [0.15, 0.2) is 66.7 Å². The lowest BCUT2D eigenvalue weighted by molar-refractivity contribution is -0.276. The predicted molar refractivity (Wildman–Crippen MR) is 124 cm³/mol. The molecule has 182 valence electrons. The first-order valence-electron chi connectivity index (χ1n) is 11.2. The van der Waals surface area contributed by atoms with Gasteiger partial charge in [0.15, 0.2) is 11.6 Å². The molecule has 0 aliphatic rings. The second-order valence-electron chi connectivity index (χ2n) is 8.36. The van der Waals surface area contributed by atoms with E-state index in [-0.39, 0.29) is 18.4 Å². The first-order chi connectivity index (χ1) is 16.6. The van der Waals surface area contributed by atoms with Crippen molar-refractivity contribution in [2.75, 3.05) is 0 Å². The Morgan fingerprint density at radius 1 is 0.686 bits per heavy atom. The third-order valence-corrected chi connectivity index (χ3v) is 5.82. The Hall–Kier alpha value is -3.48. The largest absolute Gasteiger partial charge is 0.573 e. The predicted octanol–water partition coefficient (Wildman–Crippen LogP) is 8.56. The van der Waals surface area contributed by atoms with Crippen molar-refractivity contribution >= 4 is 10.8 Å². The first-order valence-corrected chi connectivity index (χ1v) is 11.2. The molecule has 0 saturated heterocycles. The monoisotopic (exact) mass is 488 g/mol. The Balaban J connectivity index is 1.53. The van der Waals surface area contributed by atoms with Crippen LogP contribution in [-0.4, -0.2) is 6.36 Å². The molecule has 4 rings (SSSR count). The zero-order valence-corrected chi connectivity index (χ0v) is 18.9. The lowest BCUT2D eigenvalue weighted by Crippen LogP contribution is -2.19. The molecule has 4 aromatic rings. The fraction of sp³-hybridized carbons (Fsp3) is 0.214. The van der Waals surface area contributed by atoms with Crippen molar-refractivity contribution in [2.24, 2.45) is 0 Å². The second kappa shape index (κ2) is 10.0. The number of aryl methyl sites for hydroxylation is 3. The number of fused-ring (bicyclic) bond motifs is 1. The van der Waals surface area contributed by atoms with E-state index in [1.165, 1.54) is 5.56 Å². The number of ether oxygens (including phenoxy) is 1. The van der Waals surface area contributed by atoms with Crippen molar-refractivity contribution in [3.05, 3.63) is 101 Å². The standard InChI is InChI=1S/C28H22F6O/c1-2-3-17-4-7-19(8-5-17)21-12-13-23-22(16-21)11-10-20(26(23)31)9-6-18-14-24(29)27(25(30)15-18)35-28(32,33)34/h4-5,7-8,10-16H,2-3,6,9H2,1H3. The van der Waals surface area contributed by atoms with Crippen LogP contribution in [0.1, 0.15) is 30.0 Å². The smallest absolute Gasteiger partial charge is 0.399 e. The van der Waals surface area contributed by atoms with Crippen LogP contribution < -0.4 is 4.74 Å². The van der Waals surface area contributed by atoms with Gasteiger partial charge in [0.1, 0.15) is 5.82 Å². The van der Waals surface area contributed by atoms with Crippen molar-refractivity contribution in [3.63, 3.8) is 0 Å². The first kappa shape index (κ1) is 24.6. The Morgan fingerprint density at radius 2 is 1.34 bits per heavy atom. The molecule has 4 aromatic carbocycles. The normalized spacial score (nSPS) is 11.7. The Kier molecular flexibility index (Phi) is 7.05. The fourth-order valence-electron chi connectivity index (χ4n) is 4.11. The summed E-state index contributed by atoms with van der Waals surface area (Å²) in [4.78, 5) is 0. The van der Waals surface area contributed by atoms with E-state index in [1.807, 2.05) is 24.3 Å². The number of alkyl halides is 3. The molecule has 0 atom stereocenters. The lowest BCUT2D eigenvalue weighted by Gasteiger charge is -2.12. The summed E-state index contributed by atoms with van der Waals surface area (Å²) in [6, 6.07) is 18.6. The highest BCUT2D eigenvalue weighted by atomic mass is 19.4. The van der Waals surface area contributed by atoms with Gasteiger partial charge in [-0.05, 0) is 70.7 Å². The van der Waals surface area contributed by atoms with Gasteiger partial charge in [0.2, 0.25) is 5.75 Å². The average Bonchev–Trinajstić information content (AvgIpc) is 2.81. The van der Waals surface area contributed by atoms with Gasteiger partial charge in [-0.2, -0.15) is 0 Å². The van der Waals surface area contributed by atoms with Gasteiger partial charge in [-0.25, -0.2) is 13.2 Å². The summed E-state index contributed by atoms with van der Waals surface area (Å²) in [5, 5.41) is 1.13. The number of hydrogen-bond donors (Lipinski definition) is 0. The van der Waals surface area contributed by atoms with Gasteiger partial charge in [0.25, 0.3) is 0 Å². The topological polar surface area (TPSA) is 9.23 Å². The zero-order chi connectivity index (χ0) is 25.2. The van der Waals surface area contributed by atoms with E-state index < -0.39 is 29.6 Å². The third kappa shape index (κ3) is 5.78. The van der Waals surface area contributed by atoms with Crippen molar-refractivity contribution in [2.45, 2.75) is 39.0 Å². The molecular formula is C28H22F6O. The van der Waals surface area contributed by atoms with Crippen LogP contribution in [0, 0.1) is 17.5 Å². The molecule has 0 bridgehead atoms. The van der Waals surface area contributed by atoms with E-state index >= 15 is 4.39 Å². The summed E-state index contributed by atoms with van der Waals surface area (Å²) in [6.07, 6.45) is -2.99. The van der Waals surface area contributed by atoms with Crippen molar-refractivity contribution in [3.8, 4) is 16.9 Å². The highest BCUT2D eigenvalue weighted by molar-refractivity contribution is 5.88. The zero-order valence-electron chi connectivity index (χ0n) is 18.9. The summed E-state index contributed by atoms with van der Waals surface area (Å²) in [7, 11) is 0. The minimum Gasteiger partial charge on any atom is -0.399 e. The number of benzene rings is 4. The summed E-state index contributed by atoms with van der Waals surface area (Å²) in [6.45, 7) is 2.12. The molecule has 0 saturated carbocycles. The molecule has 0 aliphatic carbocycles. The minimum atomic E-state index is -5.21. The molecular weight excluding hydrogens is 466 g/mol. The van der Waals surface area contributed by atoms with Crippen molar-refractivity contribution < 1.29 is 31.1 Å². The van der Waals surface area contributed by atoms with Gasteiger partial charge < -0.3 is 4.74 Å². The SMILES string of the molecule is CCCc1ccc(-c2ccc3c(F)c(CCc4cc(F)c(OC(F)(F)F)c(F)c4)ccc3c2)cc1. The number of halogens is 6. The molecule has 0 amide bonds. The maximum atomic E-state index is 15.2. The van der Waals surface area contributed by atoms with Crippen LogP contribution in [0.4, 0.5) is 26.3 Å². The van der Waals surface area contributed by atoms with Gasteiger partial charge in [-0.3, -0.25) is 0 Å². The fourth-order valence-corrected chi connectivity index (χ4v) is 4.11. The molecule has 0 radical (unpaired) electrons. The van der Waals surface area contributed by atoms with Gasteiger partial charge >= 0.3 is 6.36 Å². The van der Waals surface area contributed by atoms with E-state index in [2.05, 4.69) is 23.8 Å². The summed E-state index contributed by atoms with van der Waals surface area (Å²) >= 11 is 0. The van der Waals surface area contributed by atoms with Crippen molar-refractivity contribution in [1.82, 2.24) is 0 Å². The average molecular weight is 488 g/mol. The Labute approximate surface area is 199 Å².